The van der Waals surface area contributed by atoms with Gasteiger partial charge in [0, 0.05) is 0 Å². The smallest absolute Gasteiger partial charge is 0.124 e. The van der Waals surface area contributed by atoms with Crippen LogP contribution in [0.3, 0.4) is 0 Å². The van der Waals surface area contributed by atoms with Crippen molar-refractivity contribution < 1.29 is 4.74 Å². The van der Waals surface area contributed by atoms with Crippen molar-refractivity contribution in [2.24, 2.45) is 0 Å². The first-order valence-electron chi connectivity index (χ1n) is 5.52. The molecule has 0 spiro atoms. The number of ether oxygens (including phenoxy) is 1. The average Bonchev–Trinajstić information content (AvgIpc) is 2.60. The SMILES string of the molecule is CCN(CC)C(C#N)C1CCC(C)O1. The van der Waals surface area contributed by atoms with E-state index in [9.17, 15) is 0 Å². The van der Waals surface area contributed by atoms with E-state index in [1.165, 1.54) is 0 Å². The zero-order valence-electron chi connectivity index (χ0n) is 9.36. The second-order valence-corrected chi connectivity index (χ2v) is 3.86. The van der Waals surface area contributed by atoms with Crippen LogP contribution in [0.5, 0.6) is 0 Å². The number of hydrogen-bond acceptors (Lipinski definition) is 3. The number of rotatable bonds is 4. The second-order valence-electron chi connectivity index (χ2n) is 3.86. The van der Waals surface area contributed by atoms with Crippen molar-refractivity contribution >= 4 is 0 Å². The molecule has 0 aromatic rings. The molecule has 14 heavy (non-hydrogen) atoms. The molecule has 1 fully saturated rings. The number of nitriles is 1. The van der Waals surface area contributed by atoms with Crippen molar-refractivity contribution in [3.63, 3.8) is 0 Å². The molecule has 1 saturated heterocycles. The van der Waals surface area contributed by atoms with Crippen LogP contribution >= 0.6 is 0 Å². The Balaban J connectivity index is 2.58. The summed E-state index contributed by atoms with van der Waals surface area (Å²) in [5.74, 6) is 0. The van der Waals surface area contributed by atoms with Crippen molar-refractivity contribution in [3.05, 3.63) is 0 Å². The predicted molar refractivity (Wildman–Crippen MR) is 55.9 cm³/mol. The zero-order valence-corrected chi connectivity index (χ0v) is 9.36. The zero-order chi connectivity index (χ0) is 10.6. The van der Waals surface area contributed by atoms with E-state index in [0.717, 1.165) is 25.9 Å². The molecular weight excluding hydrogens is 176 g/mol. The maximum Gasteiger partial charge on any atom is 0.124 e. The van der Waals surface area contributed by atoms with Gasteiger partial charge in [0.1, 0.15) is 6.04 Å². The predicted octanol–water partition coefficient (Wildman–Crippen LogP) is 1.79. The van der Waals surface area contributed by atoms with Crippen LogP contribution in [0.25, 0.3) is 0 Å². The van der Waals surface area contributed by atoms with Crippen LogP contribution in [0.4, 0.5) is 0 Å². The van der Waals surface area contributed by atoms with E-state index < -0.39 is 0 Å². The molecule has 0 aliphatic carbocycles. The Morgan fingerprint density at radius 1 is 1.43 bits per heavy atom. The standard InChI is InChI=1S/C11H20N2O/c1-4-13(5-2)10(8-12)11-7-6-9(3)14-11/h9-11H,4-7H2,1-3H3. The van der Waals surface area contributed by atoms with Gasteiger partial charge in [0.15, 0.2) is 0 Å². The Labute approximate surface area is 86.6 Å². The lowest BCUT2D eigenvalue weighted by Gasteiger charge is -2.28. The summed E-state index contributed by atoms with van der Waals surface area (Å²) in [4.78, 5) is 2.17. The molecule has 0 radical (unpaired) electrons. The molecule has 3 unspecified atom stereocenters. The number of hydrogen-bond donors (Lipinski definition) is 0. The van der Waals surface area contributed by atoms with Crippen molar-refractivity contribution in [1.29, 1.82) is 5.26 Å². The molecule has 3 nitrogen and oxygen atoms in total. The van der Waals surface area contributed by atoms with Crippen LogP contribution in [0.15, 0.2) is 0 Å². The van der Waals surface area contributed by atoms with Gasteiger partial charge < -0.3 is 4.74 Å². The molecule has 3 heteroatoms. The number of nitrogens with zero attached hydrogens (tertiary/aromatic N) is 2. The summed E-state index contributed by atoms with van der Waals surface area (Å²) < 4.78 is 5.73. The lowest BCUT2D eigenvalue weighted by Crippen LogP contribution is -2.42. The van der Waals surface area contributed by atoms with Crippen LogP contribution in [0.2, 0.25) is 0 Å². The third kappa shape index (κ3) is 2.46. The highest BCUT2D eigenvalue weighted by molar-refractivity contribution is 4.99. The third-order valence-corrected chi connectivity index (χ3v) is 2.95. The summed E-state index contributed by atoms with van der Waals surface area (Å²) >= 11 is 0. The summed E-state index contributed by atoms with van der Waals surface area (Å²) in [5, 5.41) is 9.13. The van der Waals surface area contributed by atoms with Crippen molar-refractivity contribution in [2.45, 2.75) is 51.9 Å². The van der Waals surface area contributed by atoms with Crippen LogP contribution in [0, 0.1) is 11.3 Å². The first kappa shape index (κ1) is 11.5. The Morgan fingerprint density at radius 2 is 2.07 bits per heavy atom. The molecule has 0 aromatic heterocycles. The maximum atomic E-state index is 9.13. The van der Waals surface area contributed by atoms with Gasteiger partial charge in [0.05, 0.1) is 18.3 Å². The topological polar surface area (TPSA) is 36.3 Å². The van der Waals surface area contributed by atoms with Gasteiger partial charge in [-0.3, -0.25) is 4.90 Å². The molecule has 80 valence electrons. The van der Waals surface area contributed by atoms with E-state index in [2.05, 4.69) is 31.7 Å². The summed E-state index contributed by atoms with van der Waals surface area (Å²) in [6.45, 7) is 8.10. The highest BCUT2D eigenvalue weighted by atomic mass is 16.5. The summed E-state index contributed by atoms with van der Waals surface area (Å²) in [6, 6.07) is 2.31. The molecule has 0 saturated carbocycles. The molecule has 0 N–H and O–H groups in total. The Hall–Kier alpha value is -0.590. The minimum Gasteiger partial charge on any atom is -0.373 e. The van der Waals surface area contributed by atoms with Crippen LogP contribution in [0.1, 0.15) is 33.6 Å². The van der Waals surface area contributed by atoms with Gasteiger partial charge in [-0.1, -0.05) is 13.8 Å². The van der Waals surface area contributed by atoms with E-state index in [1.807, 2.05) is 0 Å². The summed E-state index contributed by atoms with van der Waals surface area (Å²) in [7, 11) is 0. The molecule has 0 aromatic carbocycles. The van der Waals surface area contributed by atoms with Gasteiger partial charge >= 0.3 is 0 Å². The van der Waals surface area contributed by atoms with Gasteiger partial charge in [-0.2, -0.15) is 5.26 Å². The summed E-state index contributed by atoms with van der Waals surface area (Å²) in [5.41, 5.74) is 0. The van der Waals surface area contributed by atoms with Crippen LogP contribution < -0.4 is 0 Å². The van der Waals surface area contributed by atoms with Gasteiger partial charge in [-0.15, -0.1) is 0 Å². The van der Waals surface area contributed by atoms with Gasteiger partial charge in [0.25, 0.3) is 0 Å². The van der Waals surface area contributed by atoms with Crippen LogP contribution in [-0.2, 0) is 4.74 Å². The first-order chi connectivity index (χ1) is 6.72. The normalized spacial score (nSPS) is 29.1. The minimum absolute atomic E-state index is 0.0602. The van der Waals surface area contributed by atoms with E-state index in [0.29, 0.717) is 6.10 Å². The quantitative estimate of drug-likeness (QED) is 0.687. The molecule has 1 aliphatic rings. The molecule has 1 aliphatic heterocycles. The molecule has 1 rings (SSSR count). The van der Waals surface area contributed by atoms with Gasteiger partial charge in [-0.05, 0) is 32.9 Å². The Kier molecular flexibility index (Phi) is 4.37. The van der Waals surface area contributed by atoms with Crippen molar-refractivity contribution in [3.8, 4) is 6.07 Å². The van der Waals surface area contributed by atoms with Crippen molar-refractivity contribution in [2.75, 3.05) is 13.1 Å². The molecule has 1 heterocycles. The highest BCUT2D eigenvalue weighted by Crippen LogP contribution is 2.24. The maximum absolute atomic E-state index is 9.13. The molecular formula is C11H20N2O. The fourth-order valence-electron chi connectivity index (χ4n) is 2.08. The Bertz CT molecular complexity index is 208. The molecule has 3 atom stereocenters. The Morgan fingerprint density at radius 3 is 2.43 bits per heavy atom. The molecule has 0 amide bonds. The lowest BCUT2D eigenvalue weighted by molar-refractivity contribution is 0.0130. The van der Waals surface area contributed by atoms with E-state index in [4.69, 9.17) is 10.00 Å². The van der Waals surface area contributed by atoms with Crippen molar-refractivity contribution in [1.82, 2.24) is 4.90 Å². The van der Waals surface area contributed by atoms with E-state index in [1.54, 1.807) is 0 Å². The van der Waals surface area contributed by atoms with Gasteiger partial charge in [-0.25, -0.2) is 0 Å². The third-order valence-electron chi connectivity index (χ3n) is 2.95. The fourth-order valence-corrected chi connectivity index (χ4v) is 2.08. The van der Waals surface area contributed by atoms with E-state index >= 15 is 0 Å². The molecule has 0 bridgehead atoms. The number of likely N-dealkylation sites (N-methyl/N-ethyl adjacent to an activating group) is 1. The fraction of sp³-hybridized carbons (Fsp3) is 0.909. The highest BCUT2D eigenvalue weighted by Gasteiger charge is 2.32. The lowest BCUT2D eigenvalue weighted by atomic mass is 10.1. The average molecular weight is 196 g/mol. The van der Waals surface area contributed by atoms with Crippen LogP contribution in [-0.4, -0.2) is 36.2 Å². The second kappa shape index (κ2) is 5.33. The largest absolute Gasteiger partial charge is 0.373 e. The summed E-state index contributed by atoms with van der Waals surface area (Å²) in [6.07, 6.45) is 2.56. The first-order valence-corrected chi connectivity index (χ1v) is 5.52. The van der Waals surface area contributed by atoms with E-state index in [-0.39, 0.29) is 12.1 Å². The monoisotopic (exact) mass is 196 g/mol. The van der Waals surface area contributed by atoms with Gasteiger partial charge in [0.2, 0.25) is 0 Å². The minimum atomic E-state index is -0.0602.